The van der Waals surface area contributed by atoms with Crippen LogP contribution >= 0.6 is 27.3 Å². The van der Waals surface area contributed by atoms with E-state index in [2.05, 4.69) is 21.0 Å². The number of halogens is 1. The molecule has 0 spiro atoms. The molecule has 2 rings (SSSR count). The Morgan fingerprint density at radius 2 is 2.47 bits per heavy atom. The standard InChI is InChI=1S/C10H10BrN3O2S/c11-7-1-9(17-6-7)5-16-10(15)4-14-3-8(12)2-13-14/h1-3,6H,4-5,12H2. The van der Waals surface area contributed by atoms with Gasteiger partial charge in [-0.2, -0.15) is 5.10 Å². The van der Waals surface area contributed by atoms with Crippen LogP contribution in [-0.4, -0.2) is 15.7 Å². The van der Waals surface area contributed by atoms with E-state index < -0.39 is 0 Å². The minimum Gasteiger partial charge on any atom is -0.459 e. The zero-order valence-corrected chi connectivity index (χ0v) is 11.2. The number of hydrogen-bond acceptors (Lipinski definition) is 5. The third-order valence-corrected chi connectivity index (χ3v) is 3.61. The lowest BCUT2D eigenvalue weighted by Crippen LogP contribution is -2.13. The van der Waals surface area contributed by atoms with Crippen LogP contribution in [0.25, 0.3) is 0 Å². The van der Waals surface area contributed by atoms with Crippen molar-refractivity contribution in [1.29, 1.82) is 0 Å². The average Bonchev–Trinajstić information content (AvgIpc) is 2.85. The summed E-state index contributed by atoms with van der Waals surface area (Å²) in [5.41, 5.74) is 6.01. The van der Waals surface area contributed by atoms with Crippen LogP contribution in [0.4, 0.5) is 5.69 Å². The number of rotatable bonds is 4. The summed E-state index contributed by atoms with van der Waals surface area (Å²) < 4.78 is 7.54. The summed E-state index contributed by atoms with van der Waals surface area (Å²) in [6.45, 7) is 0.357. The monoisotopic (exact) mass is 315 g/mol. The van der Waals surface area contributed by atoms with Gasteiger partial charge in [-0.3, -0.25) is 9.48 Å². The molecule has 2 aromatic heterocycles. The second-order valence-corrected chi connectivity index (χ2v) is 5.27. The molecular formula is C10H10BrN3O2S. The maximum Gasteiger partial charge on any atom is 0.328 e. The maximum atomic E-state index is 11.5. The Kier molecular flexibility index (Phi) is 3.80. The van der Waals surface area contributed by atoms with Crippen molar-refractivity contribution in [3.63, 3.8) is 0 Å². The van der Waals surface area contributed by atoms with E-state index in [1.807, 2.05) is 11.4 Å². The van der Waals surface area contributed by atoms with E-state index >= 15 is 0 Å². The fourth-order valence-corrected chi connectivity index (χ4v) is 2.59. The molecule has 0 atom stereocenters. The van der Waals surface area contributed by atoms with E-state index in [0.717, 1.165) is 9.35 Å². The van der Waals surface area contributed by atoms with Crippen molar-refractivity contribution in [3.8, 4) is 0 Å². The van der Waals surface area contributed by atoms with Gasteiger partial charge in [-0.25, -0.2) is 0 Å². The molecule has 0 aromatic carbocycles. The number of ether oxygens (including phenoxy) is 1. The Hall–Kier alpha value is -1.34. The summed E-state index contributed by atoms with van der Waals surface area (Å²) in [6, 6.07) is 1.92. The molecule has 7 heteroatoms. The van der Waals surface area contributed by atoms with E-state index in [0.29, 0.717) is 5.69 Å². The molecule has 17 heavy (non-hydrogen) atoms. The van der Waals surface area contributed by atoms with Gasteiger partial charge in [0.15, 0.2) is 0 Å². The molecule has 0 fully saturated rings. The Morgan fingerprint density at radius 1 is 1.65 bits per heavy atom. The molecule has 0 unspecified atom stereocenters. The predicted molar refractivity (Wildman–Crippen MR) is 68.5 cm³/mol. The molecule has 2 heterocycles. The van der Waals surface area contributed by atoms with Gasteiger partial charge < -0.3 is 10.5 Å². The molecule has 2 aromatic rings. The van der Waals surface area contributed by atoms with Crippen LogP contribution in [0, 0.1) is 0 Å². The Bertz CT molecular complexity index is 523. The van der Waals surface area contributed by atoms with Gasteiger partial charge >= 0.3 is 5.97 Å². The molecule has 0 aliphatic heterocycles. The smallest absolute Gasteiger partial charge is 0.328 e. The van der Waals surface area contributed by atoms with Gasteiger partial charge in [0.2, 0.25) is 0 Å². The number of aromatic nitrogens is 2. The van der Waals surface area contributed by atoms with Gasteiger partial charge in [-0.15, -0.1) is 11.3 Å². The molecule has 5 nitrogen and oxygen atoms in total. The normalized spacial score (nSPS) is 10.4. The van der Waals surface area contributed by atoms with Crippen LogP contribution in [0.2, 0.25) is 0 Å². The summed E-state index contributed by atoms with van der Waals surface area (Å²) in [5, 5.41) is 5.84. The van der Waals surface area contributed by atoms with Crippen LogP contribution in [-0.2, 0) is 22.7 Å². The molecule has 0 aliphatic carbocycles. The molecule has 0 saturated carbocycles. The summed E-state index contributed by atoms with van der Waals surface area (Å²) >= 11 is 4.87. The fraction of sp³-hybridized carbons (Fsp3) is 0.200. The first kappa shape index (κ1) is 12.1. The highest BCUT2D eigenvalue weighted by Gasteiger charge is 2.06. The summed E-state index contributed by atoms with van der Waals surface area (Å²) in [7, 11) is 0. The van der Waals surface area contributed by atoms with Crippen molar-refractivity contribution >= 4 is 38.9 Å². The van der Waals surface area contributed by atoms with E-state index in [4.69, 9.17) is 10.5 Å². The number of thiophene rings is 1. The highest BCUT2D eigenvalue weighted by molar-refractivity contribution is 9.10. The van der Waals surface area contributed by atoms with Gasteiger partial charge in [0.05, 0.1) is 11.9 Å². The molecule has 2 N–H and O–H groups in total. The van der Waals surface area contributed by atoms with Crippen molar-refractivity contribution < 1.29 is 9.53 Å². The number of carbonyl (C=O) groups is 1. The average molecular weight is 316 g/mol. The molecule has 0 aliphatic rings. The van der Waals surface area contributed by atoms with E-state index in [-0.39, 0.29) is 19.1 Å². The second-order valence-electron chi connectivity index (χ2n) is 3.36. The number of nitrogens with zero attached hydrogens (tertiary/aromatic N) is 2. The fourth-order valence-electron chi connectivity index (χ4n) is 1.23. The Balaban J connectivity index is 1.82. The summed E-state index contributed by atoms with van der Waals surface area (Å²) in [4.78, 5) is 12.5. The highest BCUT2D eigenvalue weighted by atomic mass is 79.9. The Morgan fingerprint density at radius 3 is 3.06 bits per heavy atom. The SMILES string of the molecule is Nc1cnn(CC(=O)OCc2cc(Br)cs2)c1. The summed E-state index contributed by atoms with van der Waals surface area (Å²) in [6.07, 6.45) is 3.08. The van der Waals surface area contributed by atoms with Crippen LogP contribution in [0.5, 0.6) is 0 Å². The number of hydrogen-bond donors (Lipinski definition) is 1. The van der Waals surface area contributed by atoms with Crippen molar-refractivity contribution in [2.45, 2.75) is 13.2 Å². The molecule has 0 saturated heterocycles. The van der Waals surface area contributed by atoms with Crippen molar-refractivity contribution in [2.24, 2.45) is 0 Å². The lowest BCUT2D eigenvalue weighted by Gasteiger charge is -2.02. The zero-order valence-electron chi connectivity index (χ0n) is 8.80. The minimum atomic E-state index is -0.336. The van der Waals surface area contributed by atoms with Gasteiger partial charge in [-0.05, 0) is 22.0 Å². The van der Waals surface area contributed by atoms with Crippen LogP contribution in [0.3, 0.4) is 0 Å². The van der Waals surface area contributed by atoms with E-state index in [9.17, 15) is 4.79 Å². The topological polar surface area (TPSA) is 70.1 Å². The number of anilines is 1. The third-order valence-electron chi connectivity index (χ3n) is 1.94. The van der Waals surface area contributed by atoms with E-state index in [1.54, 1.807) is 6.20 Å². The van der Waals surface area contributed by atoms with E-state index in [1.165, 1.54) is 22.2 Å². The second kappa shape index (κ2) is 5.33. The largest absolute Gasteiger partial charge is 0.459 e. The lowest BCUT2D eigenvalue weighted by molar-refractivity contribution is -0.145. The quantitative estimate of drug-likeness (QED) is 0.876. The van der Waals surface area contributed by atoms with Crippen LogP contribution in [0.1, 0.15) is 4.88 Å². The number of carbonyl (C=O) groups excluding carboxylic acids is 1. The van der Waals surface area contributed by atoms with Crippen LogP contribution < -0.4 is 5.73 Å². The van der Waals surface area contributed by atoms with Crippen molar-refractivity contribution in [2.75, 3.05) is 5.73 Å². The molecule has 0 amide bonds. The van der Waals surface area contributed by atoms with Crippen LogP contribution in [0.15, 0.2) is 28.3 Å². The lowest BCUT2D eigenvalue weighted by atomic mass is 10.5. The predicted octanol–water partition coefficient (Wildman–Crippen LogP) is 2.03. The highest BCUT2D eigenvalue weighted by Crippen LogP contribution is 2.20. The van der Waals surface area contributed by atoms with Crippen molar-refractivity contribution in [3.05, 3.63) is 33.2 Å². The zero-order chi connectivity index (χ0) is 12.3. The first-order valence-electron chi connectivity index (χ1n) is 4.80. The molecule has 0 bridgehead atoms. The van der Waals surface area contributed by atoms with Gasteiger partial charge in [0.1, 0.15) is 13.2 Å². The minimum absolute atomic E-state index is 0.0732. The van der Waals surface area contributed by atoms with Crippen molar-refractivity contribution in [1.82, 2.24) is 9.78 Å². The molecular weight excluding hydrogens is 306 g/mol. The first-order chi connectivity index (χ1) is 8.13. The van der Waals surface area contributed by atoms with Gasteiger partial charge in [-0.1, -0.05) is 0 Å². The molecule has 0 radical (unpaired) electrons. The first-order valence-corrected chi connectivity index (χ1v) is 6.47. The molecule has 90 valence electrons. The van der Waals surface area contributed by atoms with Gasteiger partial charge in [0, 0.05) is 20.9 Å². The Labute approximate surface area is 110 Å². The number of esters is 1. The number of nitrogen functional groups attached to an aromatic ring is 1. The maximum absolute atomic E-state index is 11.5. The third kappa shape index (κ3) is 3.57. The van der Waals surface area contributed by atoms with Gasteiger partial charge in [0.25, 0.3) is 0 Å². The number of nitrogens with two attached hydrogens (primary N) is 1. The summed E-state index contributed by atoms with van der Waals surface area (Å²) in [5.74, 6) is -0.336.